The van der Waals surface area contributed by atoms with Crippen LogP contribution >= 0.6 is 24.0 Å². The summed E-state index contributed by atoms with van der Waals surface area (Å²) in [5.41, 5.74) is 1.16. The Morgan fingerprint density at radius 2 is 1.83 bits per heavy atom. The summed E-state index contributed by atoms with van der Waals surface area (Å²) in [6.45, 7) is 9.11. The smallest absolute Gasteiger partial charge is 0.192 e. The van der Waals surface area contributed by atoms with Gasteiger partial charge in [-0.3, -0.25) is 4.99 Å². The van der Waals surface area contributed by atoms with Crippen LogP contribution in [0, 0.1) is 12.3 Å². The molecule has 1 rings (SSSR count). The van der Waals surface area contributed by atoms with E-state index in [-0.39, 0.29) is 24.0 Å². The van der Waals surface area contributed by atoms with Crippen molar-refractivity contribution >= 4 is 29.9 Å². The molecule has 0 aliphatic rings. The predicted molar refractivity (Wildman–Crippen MR) is 111 cm³/mol. The Labute approximate surface area is 162 Å². The second kappa shape index (κ2) is 13.8. The molecule has 6 heteroatoms. The number of guanidine groups is 1. The molecule has 0 heterocycles. The van der Waals surface area contributed by atoms with E-state index in [0.717, 1.165) is 36.0 Å². The fourth-order valence-electron chi connectivity index (χ4n) is 2.02. The quantitative estimate of drug-likeness (QED) is 0.266. The molecule has 0 aliphatic heterocycles. The van der Waals surface area contributed by atoms with Gasteiger partial charge in [0.25, 0.3) is 0 Å². The van der Waals surface area contributed by atoms with E-state index in [2.05, 4.69) is 21.5 Å². The van der Waals surface area contributed by atoms with Gasteiger partial charge in [0, 0.05) is 13.1 Å². The van der Waals surface area contributed by atoms with E-state index in [4.69, 9.17) is 15.9 Å². The van der Waals surface area contributed by atoms with Crippen molar-refractivity contribution in [1.29, 1.82) is 0 Å². The van der Waals surface area contributed by atoms with Crippen LogP contribution in [0.4, 0.5) is 0 Å². The van der Waals surface area contributed by atoms with E-state index in [1.165, 1.54) is 0 Å². The molecule has 134 valence electrons. The van der Waals surface area contributed by atoms with Crippen molar-refractivity contribution in [3.8, 4) is 23.8 Å². The van der Waals surface area contributed by atoms with Gasteiger partial charge in [-0.15, -0.1) is 30.4 Å². The summed E-state index contributed by atoms with van der Waals surface area (Å²) in [7, 11) is 0. The molecule has 0 fully saturated rings. The van der Waals surface area contributed by atoms with Gasteiger partial charge in [0.05, 0.1) is 19.8 Å². The van der Waals surface area contributed by atoms with E-state index < -0.39 is 0 Å². The molecule has 0 aliphatic carbocycles. The molecule has 0 amide bonds. The first-order valence-electron chi connectivity index (χ1n) is 8.09. The number of terminal acetylenes is 1. The van der Waals surface area contributed by atoms with Crippen molar-refractivity contribution in [3.63, 3.8) is 0 Å². The monoisotopic (exact) mass is 445 g/mol. The minimum Gasteiger partial charge on any atom is -0.490 e. The Morgan fingerprint density at radius 3 is 2.46 bits per heavy atom. The lowest BCUT2D eigenvalue weighted by atomic mass is 10.1. The van der Waals surface area contributed by atoms with E-state index in [1.807, 2.05) is 39.0 Å². The van der Waals surface area contributed by atoms with Gasteiger partial charge < -0.3 is 20.1 Å². The zero-order valence-electron chi connectivity index (χ0n) is 14.7. The van der Waals surface area contributed by atoms with Gasteiger partial charge in [-0.05, 0) is 44.9 Å². The highest BCUT2D eigenvalue weighted by atomic mass is 127. The predicted octanol–water partition coefficient (Wildman–Crippen LogP) is 2.83. The third-order valence-corrected chi connectivity index (χ3v) is 2.98. The van der Waals surface area contributed by atoms with Crippen LogP contribution < -0.4 is 20.1 Å². The number of rotatable bonds is 9. The largest absolute Gasteiger partial charge is 0.490 e. The van der Waals surface area contributed by atoms with Crippen LogP contribution in [0.25, 0.3) is 0 Å². The summed E-state index contributed by atoms with van der Waals surface area (Å²) in [5, 5.41) is 6.23. The molecule has 0 atom stereocenters. The van der Waals surface area contributed by atoms with Crippen LogP contribution in [-0.4, -0.2) is 38.8 Å². The highest BCUT2D eigenvalue weighted by Crippen LogP contribution is 2.28. The molecule has 24 heavy (non-hydrogen) atoms. The minimum absolute atomic E-state index is 0. The number of nitrogens with zero attached hydrogens (tertiary/aromatic N) is 1. The molecule has 0 saturated heterocycles. The number of benzene rings is 1. The molecule has 1 aromatic carbocycles. The fourth-order valence-corrected chi connectivity index (χ4v) is 2.02. The van der Waals surface area contributed by atoms with Crippen molar-refractivity contribution in [2.24, 2.45) is 4.99 Å². The molecule has 1 aromatic rings. The first-order chi connectivity index (χ1) is 11.2. The van der Waals surface area contributed by atoms with E-state index in [1.54, 1.807) is 0 Å². The third-order valence-electron chi connectivity index (χ3n) is 2.98. The number of halogens is 1. The van der Waals surface area contributed by atoms with Gasteiger partial charge in [-0.25, -0.2) is 0 Å². The number of aliphatic imine (C=N–C) groups is 1. The Morgan fingerprint density at radius 1 is 1.12 bits per heavy atom. The van der Waals surface area contributed by atoms with Crippen LogP contribution in [0.3, 0.4) is 0 Å². The van der Waals surface area contributed by atoms with Crippen LogP contribution in [0.1, 0.15) is 26.3 Å². The van der Waals surface area contributed by atoms with E-state index in [9.17, 15) is 0 Å². The molecule has 2 N–H and O–H groups in total. The second-order valence-electron chi connectivity index (χ2n) is 4.72. The van der Waals surface area contributed by atoms with E-state index >= 15 is 0 Å². The highest BCUT2D eigenvalue weighted by Gasteiger charge is 2.06. The number of nitrogens with one attached hydrogen (secondary N) is 2. The summed E-state index contributed by atoms with van der Waals surface area (Å²) in [4.78, 5) is 4.51. The topological polar surface area (TPSA) is 54.9 Å². The molecular weight excluding hydrogens is 417 g/mol. The van der Waals surface area contributed by atoms with Gasteiger partial charge in [0.1, 0.15) is 0 Å². The maximum atomic E-state index is 5.64. The number of ether oxygens (including phenoxy) is 2. The Balaban J connectivity index is 0.00000529. The van der Waals surface area contributed by atoms with Gasteiger partial charge in [0.15, 0.2) is 17.5 Å². The summed E-state index contributed by atoms with van der Waals surface area (Å²) in [6.07, 6.45) is 6.07. The van der Waals surface area contributed by atoms with Crippen LogP contribution in [0.2, 0.25) is 0 Å². The highest BCUT2D eigenvalue weighted by molar-refractivity contribution is 14.0. The van der Waals surface area contributed by atoms with Gasteiger partial charge in [-0.1, -0.05) is 12.0 Å². The zero-order valence-corrected chi connectivity index (χ0v) is 17.1. The minimum atomic E-state index is 0. The number of hydrogen-bond acceptors (Lipinski definition) is 3. The summed E-state index contributed by atoms with van der Waals surface area (Å²) < 4.78 is 11.2. The average Bonchev–Trinajstić information content (AvgIpc) is 2.55. The Kier molecular flexibility index (Phi) is 12.9. The third kappa shape index (κ3) is 8.29. The molecule has 0 radical (unpaired) electrons. The molecule has 0 aromatic heterocycles. The maximum Gasteiger partial charge on any atom is 0.192 e. The van der Waals surface area contributed by atoms with Crippen molar-refractivity contribution < 1.29 is 9.47 Å². The standard InChI is InChI=1S/C18H27N3O2.HI/c1-5-12-20-18(19-6-2)21-13-11-15-9-10-16(22-7-3)17(14-15)23-8-4;/h1,9-10,14H,6-8,11-13H2,2-4H3,(H2,19,20,21);1H. The lowest BCUT2D eigenvalue weighted by molar-refractivity contribution is 0.287. The van der Waals surface area contributed by atoms with Crippen molar-refractivity contribution in [2.75, 3.05) is 32.8 Å². The lowest BCUT2D eigenvalue weighted by Gasteiger charge is -2.12. The first kappa shape index (κ1) is 22.4. The summed E-state index contributed by atoms with van der Waals surface area (Å²) in [6, 6.07) is 6.02. The molecule has 0 unspecified atom stereocenters. The van der Waals surface area contributed by atoms with Gasteiger partial charge in [-0.2, -0.15) is 0 Å². The molecule has 5 nitrogen and oxygen atoms in total. The first-order valence-corrected chi connectivity index (χ1v) is 8.09. The Hall–Kier alpha value is -1.62. The van der Waals surface area contributed by atoms with Crippen molar-refractivity contribution in [2.45, 2.75) is 27.2 Å². The van der Waals surface area contributed by atoms with Crippen LogP contribution in [0.15, 0.2) is 23.2 Å². The second-order valence-corrected chi connectivity index (χ2v) is 4.72. The molecule has 0 bridgehead atoms. The zero-order chi connectivity index (χ0) is 16.9. The van der Waals surface area contributed by atoms with Crippen molar-refractivity contribution in [1.82, 2.24) is 10.6 Å². The Bertz CT molecular complexity index is 542. The summed E-state index contributed by atoms with van der Waals surface area (Å²) >= 11 is 0. The van der Waals surface area contributed by atoms with Crippen LogP contribution in [-0.2, 0) is 6.42 Å². The van der Waals surface area contributed by atoms with Gasteiger partial charge in [0.2, 0.25) is 0 Å². The van der Waals surface area contributed by atoms with E-state index in [0.29, 0.717) is 26.3 Å². The number of hydrogen-bond donors (Lipinski definition) is 2. The molecule has 0 spiro atoms. The lowest BCUT2D eigenvalue weighted by Crippen LogP contribution is -2.37. The van der Waals surface area contributed by atoms with Crippen molar-refractivity contribution in [3.05, 3.63) is 23.8 Å². The fraction of sp³-hybridized carbons (Fsp3) is 0.500. The average molecular weight is 445 g/mol. The summed E-state index contributed by atoms with van der Waals surface area (Å²) in [5.74, 6) is 4.85. The molecule has 0 saturated carbocycles. The van der Waals surface area contributed by atoms with Gasteiger partial charge >= 0.3 is 0 Å². The SMILES string of the molecule is C#CCNC(=NCCc1ccc(OCC)c(OCC)c1)NCC.I. The maximum absolute atomic E-state index is 5.64. The normalized spacial score (nSPS) is 10.3. The molecular formula is C18H28IN3O2. The van der Waals surface area contributed by atoms with Crippen LogP contribution in [0.5, 0.6) is 11.5 Å².